The first-order chi connectivity index (χ1) is 12.5. The van der Waals surface area contributed by atoms with Gasteiger partial charge in [0, 0.05) is 16.5 Å². The van der Waals surface area contributed by atoms with E-state index >= 15 is 0 Å². The number of carboxylic acids is 2. The molecule has 2 rings (SSSR count). The minimum atomic E-state index is -2.27. The van der Waals surface area contributed by atoms with E-state index in [-0.39, 0.29) is 11.5 Å². The van der Waals surface area contributed by atoms with Crippen LogP contribution in [-0.2, 0) is 15.0 Å². The molecule has 1 aromatic rings. The molecule has 8 heteroatoms. The van der Waals surface area contributed by atoms with Gasteiger partial charge in [-0.2, -0.15) is 0 Å². The van der Waals surface area contributed by atoms with E-state index in [0.717, 1.165) is 11.4 Å². The van der Waals surface area contributed by atoms with Crippen LogP contribution in [0.1, 0.15) is 45.1 Å². The molecule has 1 aromatic carbocycles. The van der Waals surface area contributed by atoms with E-state index in [2.05, 4.69) is 26.0 Å². The Morgan fingerprint density at radius 1 is 1.07 bits per heavy atom. The van der Waals surface area contributed by atoms with Crippen molar-refractivity contribution in [2.45, 2.75) is 63.2 Å². The molecule has 27 heavy (non-hydrogen) atoms. The monoisotopic (exact) mass is 401 g/mol. The van der Waals surface area contributed by atoms with Gasteiger partial charge in [0.2, 0.25) is 0 Å². The van der Waals surface area contributed by atoms with Gasteiger partial charge in [-0.3, -0.25) is 0 Å². The van der Waals surface area contributed by atoms with E-state index in [1.165, 1.54) is 24.8 Å². The van der Waals surface area contributed by atoms with Gasteiger partial charge < -0.3 is 26.2 Å². The van der Waals surface area contributed by atoms with Crippen LogP contribution in [0.5, 0.6) is 0 Å². The third-order valence-electron chi connectivity index (χ3n) is 4.91. The second-order valence-electron chi connectivity index (χ2n) is 7.32. The van der Waals surface area contributed by atoms with Gasteiger partial charge in [0.05, 0.1) is 0 Å². The van der Waals surface area contributed by atoms with Crippen molar-refractivity contribution < 1.29 is 30.0 Å². The highest BCUT2D eigenvalue weighted by Gasteiger charge is 2.43. The van der Waals surface area contributed by atoms with Crippen LogP contribution in [0, 0.1) is 5.92 Å². The molecule has 3 atom stereocenters. The predicted octanol–water partition coefficient (Wildman–Crippen LogP) is 2.01. The van der Waals surface area contributed by atoms with Crippen LogP contribution < -0.4 is 5.73 Å². The summed E-state index contributed by atoms with van der Waals surface area (Å²) in [5.41, 5.74) is 8.05. The summed E-state index contributed by atoms with van der Waals surface area (Å²) in [5, 5.41) is 33.3. The van der Waals surface area contributed by atoms with Gasteiger partial charge in [0.1, 0.15) is 0 Å². The summed E-state index contributed by atoms with van der Waals surface area (Å²) in [6, 6.07) is 8.55. The van der Waals surface area contributed by atoms with Crippen LogP contribution in [-0.4, -0.2) is 50.6 Å². The van der Waals surface area contributed by atoms with Crippen molar-refractivity contribution in [2.75, 3.05) is 0 Å². The number of aliphatic hydroxyl groups is 2. The van der Waals surface area contributed by atoms with Gasteiger partial charge in [-0.05, 0) is 42.9 Å². The normalized spacial score (nSPS) is 18.5. The zero-order valence-electron chi connectivity index (χ0n) is 15.5. The molecule has 1 saturated carbocycles. The summed E-state index contributed by atoms with van der Waals surface area (Å²) in [5.74, 6) is -2.88. The third kappa shape index (κ3) is 6.17. The number of aliphatic carboxylic acids is 2. The van der Waals surface area contributed by atoms with Crippen molar-refractivity contribution in [1.82, 2.24) is 0 Å². The van der Waals surface area contributed by atoms with Crippen LogP contribution in [0.3, 0.4) is 0 Å². The Morgan fingerprint density at radius 3 is 1.81 bits per heavy atom. The molecule has 152 valence electrons. The van der Waals surface area contributed by atoms with Crippen LogP contribution >= 0.6 is 11.6 Å². The van der Waals surface area contributed by atoms with Gasteiger partial charge in [-0.15, -0.1) is 0 Å². The molecule has 7 nitrogen and oxygen atoms in total. The topological polar surface area (TPSA) is 141 Å². The molecule has 6 N–H and O–H groups in total. The molecule has 0 aliphatic heterocycles. The molecule has 0 bridgehead atoms. The zero-order valence-corrected chi connectivity index (χ0v) is 16.3. The smallest absolute Gasteiger partial charge is 0.335 e. The number of nitrogens with two attached hydrogens (primary N) is 1. The van der Waals surface area contributed by atoms with Gasteiger partial charge in [-0.25, -0.2) is 9.59 Å². The summed E-state index contributed by atoms with van der Waals surface area (Å²) < 4.78 is 0. The van der Waals surface area contributed by atoms with Gasteiger partial charge in [0.15, 0.2) is 12.2 Å². The SMILES string of the molecule is CC(C)C[C@H](N)C1(c2ccc(Cl)cc2)CCC1.O=C(O)C(O)C(O)C(=O)O. The highest BCUT2D eigenvalue weighted by Crippen LogP contribution is 2.47. The van der Waals surface area contributed by atoms with Gasteiger partial charge in [-0.1, -0.05) is 44.0 Å². The van der Waals surface area contributed by atoms with E-state index < -0.39 is 24.1 Å². The van der Waals surface area contributed by atoms with Crippen molar-refractivity contribution in [3.63, 3.8) is 0 Å². The Bertz CT molecular complexity index is 612. The van der Waals surface area contributed by atoms with Gasteiger partial charge in [0.25, 0.3) is 0 Å². The number of rotatable bonds is 7. The van der Waals surface area contributed by atoms with E-state index in [4.69, 9.17) is 37.8 Å². The molecule has 0 radical (unpaired) electrons. The van der Waals surface area contributed by atoms with E-state index in [0.29, 0.717) is 5.92 Å². The summed E-state index contributed by atoms with van der Waals surface area (Å²) >= 11 is 5.96. The number of halogens is 1. The number of benzene rings is 1. The molecule has 2 unspecified atom stereocenters. The fourth-order valence-electron chi connectivity index (χ4n) is 3.22. The van der Waals surface area contributed by atoms with E-state index in [9.17, 15) is 9.59 Å². The lowest BCUT2D eigenvalue weighted by molar-refractivity contribution is -0.165. The predicted molar refractivity (Wildman–Crippen MR) is 102 cm³/mol. The Hall–Kier alpha value is -1.67. The second-order valence-corrected chi connectivity index (χ2v) is 7.76. The number of hydrogen-bond donors (Lipinski definition) is 5. The highest BCUT2D eigenvalue weighted by atomic mass is 35.5. The number of carbonyl (C=O) groups is 2. The maximum Gasteiger partial charge on any atom is 0.335 e. The van der Waals surface area contributed by atoms with Crippen LogP contribution in [0.4, 0.5) is 0 Å². The molecule has 0 heterocycles. The molecule has 0 spiro atoms. The lowest BCUT2D eigenvalue weighted by Gasteiger charge is -2.47. The van der Waals surface area contributed by atoms with Gasteiger partial charge >= 0.3 is 11.9 Å². The third-order valence-corrected chi connectivity index (χ3v) is 5.16. The molecular weight excluding hydrogens is 374 g/mol. The van der Waals surface area contributed by atoms with Crippen LogP contribution in [0.25, 0.3) is 0 Å². The molecular formula is C19H28ClNO6. The standard InChI is InChI=1S/C15H22ClN.C4H6O6/c1-11(2)10-14(17)15(8-3-9-15)12-4-6-13(16)7-5-12;5-1(3(7)8)2(6)4(9)10/h4-7,11,14H,3,8-10,17H2,1-2H3;1-2,5-6H,(H,7,8)(H,9,10)/t14-;/m0./s1. The first kappa shape index (κ1) is 23.4. The lowest BCUT2D eigenvalue weighted by Crippen LogP contribution is -2.50. The first-order valence-corrected chi connectivity index (χ1v) is 9.22. The van der Waals surface area contributed by atoms with Crippen molar-refractivity contribution in [1.29, 1.82) is 0 Å². The second kappa shape index (κ2) is 10.0. The Labute approximate surface area is 163 Å². The number of carboxylic acid groups (broad SMARTS) is 2. The maximum atomic E-state index is 9.77. The summed E-state index contributed by atoms with van der Waals surface area (Å²) in [6.45, 7) is 4.49. The van der Waals surface area contributed by atoms with E-state index in [1.807, 2.05) is 12.1 Å². The average Bonchev–Trinajstić information content (AvgIpc) is 2.53. The molecule has 1 aliphatic carbocycles. The molecule has 1 fully saturated rings. The lowest BCUT2D eigenvalue weighted by atomic mass is 9.59. The highest BCUT2D eigenvalue weighted by molar-refractivity contribution is 6.30. The van der Waals surface area contributed by atoms with Crippen molar-refractivity contribution in [3.8, 4) is 0 Å². The van der Waals surface area contributed by atoms with Crippen LogP contribution in [0.2, 0.25) is 5.02 Å². The van der Waals surface area contributed by atoms with Crippen LogP contribution in [0.15, 0.2) is 24.3 Å². The minimum absolute atomic E-state index is 0.217. The van der Waals surface area contributed by atoms with Crippen molar-refractivity contribution >= 4 is 23.5 Å². The summed E-state index contributed by atoms with van der Waals surface area (Å²) in [6.07, 6.45) is 0.317. The molecule has 0 amide bonds. The number of hydrogen-bond acceptors (Lipinski definition) is 5. The summed E-state index contributed by atoms with van der Waals surface area (Å²) in [7, 11) is 0. The fraction of sp³-hybridized carbons (Fsp3) is 0.579. The Morgan fingerprint density at radius 2 is 1.52 bits per heavy atom. The zero-order chi connectivity index (χ0) is 20.8. The first-order valence-electron chi connectivity index (χ1n) is 8.84. The molecule has 0 aromatic heterocycles. The Kier molecular flexibility index (Phi) is 8.68. The quantitative estimate of drug-likeness (QED) is 0.470. The maximum absolute atomic E-state index is 9.77. The minimum Gasteiger partial charge on any atom is -0.479 e. The van der Waals surface area contributed by atoms with E-state index in [1.54, 1.807) is 0 Å². The molecule has 1 aliphatic rings. The molecule has 0 saturated heterocycles. The largest absolute Gasteiger partial charge is 0.479 e. The van der Waals surface area contributed by atoms with Crippen molar-refractivity contribution in [3.05, 3.63) is 34.9 Å². The Balaban J connectivity index is 0.000000314. The van der Waals surface area contributed by atoms with Crippen molar-refractivity contribution in [2.24, 2.45) is 11.7 Å². The average molecular weight is 402 g/mol. The number of aliphatic hydroxyl groups excluding tert-OH is 2. The fourth-order valence-corrected chi connectivity index (χ4v) is 3.34. The summed E-state index contributed by atoms with van der Waals surface area (Å²) in [4.78, 5) is 19.5.